The van der Waals surface area contributed by atoms with E-state index in [2.05, 4.69) is 17.9 Å². The van der Waals surface area contributed by atoms with Crippen LogP contribution in [-0.2, 0) is 6.42 Å². The van der Waals surface area contributed by atoms with Gasteiger partial charge in [-0.1, -0.05) is 12.1 Å². The molecule has 2 aliphatic rings. The summed E-state index contributed by atoms with van der Waals surface area (Å²) >= 11 is 0. The van der Waals surface area contributed by atoms with E-state index in [-0.39, 0.29) is 12.0 Å². The Morgan fingerprint density at radius 2 is 2.08 bits per heavy atom. The number of likely N-dealkylation sites (N-methyl/N-ethyl adjacent to an activating group) is 2. The normalized spacial score (nSPS) is 17.8. The Balaban J connectivity index is 1.46. The van der Waals surface area contributed by atoms with Crippen LogP contribution >= 0.6 is 0 Å². The molecule has 0 bridgehead atoms. The predicted octanol–water partition coefficient (Wildman–Crippen LogP) is 2.98. The van der Waals surface area contributed by atoms with Gasteiger partial charge in [-0.3, -0.25) is 4.79 Å². The molecule has 5 nitrogen and oxygen atoms in total. The number of fused-ring (bicyclic) bond motifs is 2. The van der Waals surface area contributed by atoms with Gasteiger partial charge in [0.05, 0.1) is 25.4 Å². The smallest absolute Gasteiger partial charge is 0.253 e. The largest absolute Gasteiger partial charge is 0.493 e. The summed E-state index contributed by atoms with van der Waals surface area (Å²) in [6, 6.07) is 13.8. The minimum absolute atomic E-state index is 0.0187. The highest BCUT2D eigenvalue weighted by molar-refractivity contribution is 5.94. The molecule has 4 rings (SSSR count). The number of amides is 1. The van der Waals surface area contributed by atoms with Crippen molar-refractivity contribution in [1.82, 2.24) is 4.90 Å². The van der Waals surface area contributed by atoms with Crippen LogP contribution in [0.2, 0.25) is 0 Å². The third kappa shape index (κ3) is 3.09. The molecule has 0 aromatic heterocycles. The van der Waals surface area contributed by atoms with E-state index in [0.717, 1.165) is 42.3 Å². The summed E-state index contributed by atoms with van der Waals surface area (Å²) in [6.07, 6.45) is 0.824. The molecule has 0 saturated heterocycles. The SMILES string of the molecule is CCN1C[C@@H](CN(C)C(=O)c2ccc3c(c2)CCO3)Oc2ccccc21. The van der Waals surface area contributed by atoms with Crippen molar-refractivity contribution in [2.75, 3.05) is 38.2 Å². The molecule has 0 saturated carbocycles. The van der Waals surface area contributed by atoms with Crippen molar-refractivity contribution in [2.45, 2.75) is 19.4 Å². The van der Waals surface area contributed by atoms with Crippen molar-refractivity contribution in [2.24, 2.45) is 0 Å². The quantitative estimate of drug-likeness (QED) is 0.848. The van der Waals surface area contributed by atoms with Crippen molar-refractivity contribution < 1.29 is 14.3 Å². The van der Waals surface area contributed by atoms with Crippen molar-refractivity contribution in [3.8, 4) is 11.5 Å². The predicted molar refractivity (Wildman–Crippen MR) is 101 cm³/mol. The summed E-state index contributed by atoms with van der Waals surface area (Å²) in [5.74, 6) is 1.81. The summed E-state index contributed by atoms with van der Waals surface area (Å²) in [5.41, 5.74) is 2.95. The van der Waals surface area contributed by atoms with Crippen LogP contribution in [0.25, 0.3) is 0 Å². The van der Waals surface area contributed by atoms with E-state index < -0.39 is 0 Å². The molecule has 0 N–H and O–H groups in total. The maximum absolute atomic E-state index is 12.8. The lowest BCUT2D eigenvalue weighted by molar-refractivity contribution is 0.0709. The number of hydrogen-bond acceptors (Lipinski definition) is 4. The minimum Gasteiger partial charge on any atom is -0.493 e. The first kappa shape index (κ1) is 16.8. The zero-order valence-corrected chi connectivity index (χ0v) is 15.3. The van der Waals surface area contributed by atoms with E-state index in [1.54, 1.807) is 4.90 Å². The molecule has 2 heterocycles. The lowest BCUT2D eigenvalue weighted by atomic mass is 10.1. The van der Waals surface area contributed by atoms with Gasteiger partial charge in [0.2, 0.25) is 0 Å². The van der Waals surface area contributed by atoms with E-state index in [9.17, 15) is 4.79 Å². The second-order valence-electron chi connectivity index (χ2n) is 6.85. The maximum atomic E-state index is 12.8. The van der Waals surface area contributed by atoms with Gasteiger partial charge in [-0.15, -0.1) is 0 Å². The van der Waals surface area contributed by atoms with Crippen LogP contribution < -0.4 is 14.4 Å². The Kier molecular flexibility index (Phi) is 4.45. The fraction of sp³-hybridized carbons (Fsp3) is 0.381. The maximum Gasteiger partial charge on any atom is 0.253 e. The van der Waals surface area contributed by atoms with Crippen LogP contribution in [0.5, 0.6) is 11.5 Å². The van der Waals surface area contributed by atoms with Crippen LogP contribution in [0.3, 0.4) is 0 Å². The van der Waals surface area contributed by atoms with Crippen LogP contribution in [0, 0.1) is 0 Å². The average Bonchev–Trinajstić information content (AvgIpc) is 3.14. The third-order valence-electron chi connectivity index (χ3n) is 5.07. The van der Waals surface area contributed by atoms with Crippen LogP contribution in [0.15, 0.2) is 42.5 Å². The molecule has 136 valence electrons. The van der Waals surface area contributed by atoms with E-state index >= 15 is 0 Å². The van der Waals surface area contributed by atoms with Gasteiger partial charge in [0.1, 0.15) is 17.6 Å². The van der Waals surface area contributed by atoms with Gasteiger partial charge in [-0.25, -0.2) is 0 Å². The number of rotatable bonds is 4. The minimum atomic E-state index is -0.0449. The first-order chi connectivity index (χ1) is 12.7. The number of nitrogens with zero attached hydrogens (tertiary/aromatic N) is 2. The van der Waals surface area contributed by atoms with Gasteiger partial charge in [0.25, 0.3) is 5.91 Å². The average molecular weight is 352 g/mol. The Morgan fingerprint density at radius 1 is 1.23 bits per heavy atom. The molecule has 1 atom stereocenters. The van der Waals surface area contributed by atoms with E-state index in [1.165, 1.54) is 0 Å². The second-order valence-corrected chi connectivity index (χ2v) is 6.85. The number of ether oxygens (including phenoxy) is 2. The van der Waals surface area contributed by atoms with E-state index in [4.69, 9.17) is 9.47 Å². The van der Waals surface area contributed by atoms with Crippen LogP contribution in [-0.4, -0.2) is 50.2 Å². The number of carbonyl (C=O) groups is 1. The molecule has 2 aromatic carbocycles. The highest BCUT2D eigenvalue weighted by Gasteiger charge is 2.27. The highest BCUT2D eigenvalue weighted by atomic mass is 16.5. The summed E-state index contributed by atoms with van der Waals surface area (Å²) < 4.78 is 11.7. The molecule has 5 heteroatoms. The number of benzene rings is 2. The molecule has 0 spiro atoms. The molecule has 1 amide bonds. The summed E-state index contributed by atoms with van der Waals surface area (Å²) in [4.78, 5) is 16.9. The number of carbonyl (C=O) groups excluding carboxylic acids is 1. The molecule has 0 aliphatic carbocycles. The first-order valence-corrected chi connectivity index (χ1v) is 9.17. The van der Waals surface area contributed by atoms with Gasteiger partial charge in [0.15, 0.2) is 0 Å². The summed E-state index contributed by atoms with van der Waals surface area (Å²) in [7, 11) is 1.84. The van der Waals surface area contributed by atoms with E-state index in [1.807, 2.05) is 43.4 Å². The summed E-state index contributed by atoms with van der Waals surface area (Å²) in [6.45, 7) is 5.09. The Hall–Kier alpha value is -2.69. The van der Waals surface area contributed by atoms with Crippen molar-refractivity contribution in [3.05, 3.63) is 53.6 Å². The molecule has 26 heavy (non-hydrogen) atoms. The highest BCUT2D eigenvalue weighted by Crippen LogP contribution is 2.33. The topological polar surface area (TPSA) is 42.0 Å². The first-order valence-electron chi connectivity index (χ1n) is 9.17. The number of anilines is 1. The lowest BCUT2D eigenvalue weighted by Gasteiger charge is -2.37. The fourth-order valence-corrected chi connectivity index (χ4v) is 3.70. The fourth-order valence-electron chi connectivity index (χ4n) is 3.70. The van der Waals surface area contributed by atoms with Gasteiger partial charge in [-0.2, -0.15) is 0 Å². The summed E-state index contributed by atoms with van der Waals surface area (Å²) in [5, 5.41) is 0. The zero-order valence-electron chi connectivity index (χ0n) is 15.3. The van der Waals surface area contributed by atoms with Crippen LogP contribution in [0.4, 0.5) is 5.69 Å². The van der Waals surface area contributed by atoms with Gasteiger partial charge in [0, 0.05) is 25.6 Å². The molecular weight excluding hydrogens is 328 g/mol. The van der Waals surface area contributed by atoms with Crippen molar-refractivity contribution in [3.63, 3.8) is 0 Å². The Morgan fingerprint density at radius 3 is 2.92 bits per heavy atom. The lowest BCUT2D eigenvalue weighted by Crippen LogP contribution is -2.46. The Labute approximate surface area is 154 Å². The monoisotopic (exact) mass is 352 g/mol. The molecule has 0 radical (unpaired) electrons. The van der Waals surface area contributed by atoms with Gasteiger partial charge >= 0.3 is 0 Å². The molecule has 2 aliphatic heterocycles. The molecule has 2 aromatic rings. The molecule has 0 fully saturated rings. The van der Waals surface area contributed by atoms with Crippen LogP contribution in [0.1, 0.15) is 22.8 Å². The third-order valence-corrected chi connectivity index (χ3v) is 5.07. The van der Waals surface area contributed by atoms with E-state index in [0.29, 0.717) is 18.7 Å². The Bertz CT molecular complexity index is 821. The van der Waals surface area contributed by atoms with Gasteiger partial charge < -0.3 is 19.3 Å². The van der Waals surface area contributed by atoms with Crippen molar-refractivity contribution in [1.29, 1.82) is 0 Å². The second kappa shape index (κ2) is 6.90. The molecular formula is C21H24N2O3. The standard InChI is InChI=1S/C21H24N2O3/c1-3-23-14-17(26-20-7-5-4-6-18(20)23)13-22(2)21(24)16-8-9-19-15(12-16)10-11-25-19/h4-9,12,17H,3,10-11,13-14H2,1-2H3/t17-/m1/s1. The number of hydrogen-bond donors (Lipinski definition) is 0. The molecule has 0 unspecified atom stereocenters. The number of para-hydroxylation sites is 2. The van der Waals surface area contributed by atoms with Gasteiger partial charge in [-0.05, 0) is 42.8 Å². The zero-order chi connectivity index (χ0) is 18.1. The van der Waals surface area contributed by atoms with Crippen molar-refractivity contribution >= 4 is 11.6 Å².